The third-order valence-corrected chi connectivity index (χ3v) is 4.77. The quantitative estimate of drug-likeness (QED) is 0.577. The zero-order chi connectivity index (χ0) is 12.4. The van der Waals surface area contributed by atoms with E-state index < -0.39 is 0 Å². The van der Waals surface area contributed by atoms with Crippen molar-refractivity contribution in [3.8, 4) is 0 Å². The van der Waals surface area contributed by atoms with Gasteiger partial charge in [0.2, 0.25) is 0 Å². The van der Waals surface area contributed by atoms with Gasteiger partial charge in [0.05, 0.1) is 11.1 Å². The van der Waals surface area contributed by atoms with Crippen LogP contribution >= 0.6 is 11.3 Å². The Morgan fingerprint density at radius 3 is 2.89 bits per heavy atom. The monoisotopic (exact) mass is 259 g/mol. The Morgan fingerprint density at radius 1 is 0.947 bits per heavy atom. The summed E-state index contributed by atoms with van der Waals surface area (Å²) in [5.74, 6) is 0. The lowest BCUT2D eigenvalue weighted by Crippen LogP contribution is -2.24. The van der Waals surface area contributed by atoms with Gasteiger partial charge in [-0.05, 0) is 34.9 Å². The average Bonchev–Trinajstić information content (AvgIpc) is 3.09. The first-order chi connectivity index (χ1) is 9.42. The second-order valence-corrected chi connectivity index (χ2v) is 5.85. The minimum absolute atomic E-state index is 1.11. The highest BCUT2D eigenvalue weighted by Crippen LogP contribution is 2.22. The molecule has 2 heteroatoms. The second-order valence-electron chi connectivity index (χ2n) is 4.90. The van der Waals surface area contributed by atoms with Crippen molar-refractivity contribution in [1.29, 1.82) is 0 Å². The fourth-order valence-corrected chi connectivity index (χ4v) is 3.84. The zero-order valence-corrected chi connectivity index (χ0v) is 10.9. The highest BCUT2D eigenvalue weighted by molar-refractivity contribution is 7.17. The zero-order valence-electron chi connectivity index (χ0n) is 10.1. The van der Waals surface area contributed by atoms with E-state index >= 15 is 0 Å². The van der Waals surface area contributed by atoms with Gasteiger partial charge in [-0.25, -0.2) is 4.99 Å². The largest absolute Gasteiger partial charge is 0.247 e. The van der Waals surface area contributed by atoms with Crippen molar-refractivity contribution in [2.75, 3.05) is 0 Å². The molecule has 0 saturated heterocycles. The Labute approximate surface area is 113 Å². The maximum absolute atomic E-state index is 4.84. The molecule has 5 rings (SSSR count). The molecular formula is C17H9NS. The highest BCUT2D eigenvalue weighted by atomic mass is 32.1. The number of benzene rings is 2. The van der Waals surface area contributed by atoms with Crippen LogP contribution in [0.3, 0.4) is 0 Å². The molecule has 88 valence electrons. The molecule has 1 aliphatic heterocycles. The van der Waals surface area contributed by atoms with Crippen LogP contribution in [0.4, 0.5) is 0 Å². The predicted molar refractivity (Wildman–Crippen MR) is 79.6 cm³/mol. The van der Waals surface area contributed by atoms with E-state index in [4.69, 9.17) is 4.99 Å². The molecule has 0 bridgehead atoms. The van der Waals surface area contributed by atoms with Gasteiger partial charge in [-0.1, -0.05) is 24.3 Å². The lowest BCUT2D eigenvalue weighted by molar-refractivity contribution is 1.38. The molecule has 2 aliphatic rings. The van der Waals surface area contributed by atoms with Gasteiger partial charge in [-0.2, -0.15) is 0 Å². The van der Waals surface area contributed by atoms with E-state index in [9.17, 15) is 0 Å². The molecule has 0 atom stereocenters. The molecule has 1 nitrogen and oxygen atoms in total. The summed E-state index contributed by atoms with van der Waals surface area (Å²) in [5, 5.41) is 8.46. The molecule has 0 saturated carbocycles. The molecule has 0 spiro atoms. The minimum atomic E-state index is 1.11. The summed E-state index contributed by atoms with van der Waals surface area (Å²) in [6.07, 6.45) is 2.27. The SMILES string of the molecule is C1=c2ccccc2=C2N=c3ccc4sccc4c3=C12. The third-order valence-electron chi connectivity index (χ3n) is 3.89. The van der Waals surface area contributed by atoms with E-state index in [1.807, 2.05) is 0 Å². The number of hydrogen-bond donors (Lipinski definition) is 0. The Bertz CT molecular complexity index is 1100. The fraction of sp³-hybridized carbons (Fsp3) is 0. The Balaban J connectivity index is 2.14. The van der Waals surface area contributed by atoms with Gasteiger partial charge in [0.15, 0.2) is 0 Å². The molecule has 0 unspecified atom stereocenters. The molecule has 0 fully saturated rings. The van der Waals surface area contributed by atoms with Gasteiger partial charge in [0.1, 0.15) is 0 Å². The van der Waals surface area contributed by atoms with Crippen LogP contribution in [0.2, 0.25) is 0 Å². The van der Waals surface area contributed by atoms with Crippen molar-refractivity contribution in [3.05, 3.63) is 68.9 Å². The van der Waals surface area contributed by atoms with Crippen LogP contribution in [0.25, 0.3) is 27.4 Å². The summed E-state index contributed by atoms with van der Waals surface area (Å²) < 4.78 is 1.34. The smallest absolute Gasteiger partial charge is 0.0795 e. The van der Waals surface area contributed by atoms with Crippen molar-refractivity contribution < 1.29 is 0 Å². The van der Waals surface area contributed by atoms with Crippen molar-refractivity contribution in [2.45, 2.75) is 0 Å². The maximum Gasteiger partial charge on any atom is 0.0795 e. The summed E-state index contributed by atoms with van der Waals surface area (Å²) in [4.78, 5) is 4.84. The fourth-order valence-electron chi connectivity index (χ4n) is 3.05. The van der Waals surface area contributed by atoms with E-state index in [1.54, 1.807) is 11.3 Å². The summed E-state index contributed by atoms with van der Waals surface area (Å²) in [6, 6.07) is 15.0. The summed E-state index contributed by atoms with van der Waals surface area (Å²) in [5.41, 5.74) is 2.43. The van der Waals surface area contributed by atoms with Gasteiger partial charge in [0, 0.05) is 26.1 Å². The normalized spacial score (nSPS) is 14.9. The van der Waals surface area contributed by atoms with Crippen molar-refractivity contribution in [1.82, 2.24) is 0 Å². The van der Waals surface area contributed by atoms with Crippen LogP contribution < -0.4 is 21.0 Å². The predicted octanol–water partition coefficient (Wildman–Crippen LogP) is 1.29. The Morgan fingerprint density at radius 2 is 1.89 bits per heavy atom. The number of thiophene rings is 1. The first kappa shape index (κ1) is 9.70. The van der Waals surface area contributed by atoms with Crippen LogP contribution in [0.1, 0.15) is 0 Å². The van der Waals surface area contributed by atoms with E-state index in [-0.39, 0.29) is 0 Å². The molecule has 1 aromatic heterocycles. The van der Waals surface area contributed by atoms with Crippen LogP contribution in [0.5, 0.6) is 0 Å². The average molecular weight is 259 g/mol. The maximum atomic E-state index is 4.84. The number of fused-ring (bicyclic) bond motifs is 5. The minimum Gasteiger partial charge on any atom is -0.247 e. The second kappa shape index (κ2) is 3.22. The van der Waals surface area contributed by atoms with Crippen molar-refractivity contribution >= 4 is 38.8 Å². The molecule has 0 radical (unpaired) electrons. The number of rotatable bonds is 0. The van der Waals surface area contributed by atoms with Crippen molar-refractivity contribution in [3.63, 3.8) is 0 Å². The first-order valence-corrected chi connectivity index (χ1v) is 7.20. The standard InChI is InChI=1S/C17H9NS/c1-2-4-11-10(3-1)9-13-16-12-7-8-19-15(12)6-5-14(16)18-17(11)13/h1-9H. The van der Waals surface area contributed by atoms with E-state index in [2.05, 4.69) is 53.9 Å². The van der Waals surface area contributed by atoms with Gasteiger partial charge >= 0.3 is 0 Å². The molecule has 0 N–H and O–H groups in total. The van der Waals surface area contributed by atoms with E-state index in [0.29, 0.717) is 0 Å². The van der Waals surface area contributed by atoms with Crippen LogP contribution in [-0.2, 0) is 0 Å². The lowest BCUT2D eigenvalue weighted by Gasteiger charge is -1.92. The highest BCUT2D eigenvalue weighted by Gasteiger charge is 2.17. The molecule has 3 aromatic rings. The Kier molecular flexibility index (Phi) is 1.64. The Hall–Kier alpha value is -2.19. The molecule has 0 amide bonds. The topological polar surface area (TPSA) is 12.4 Å². The molecule has 19 heavy (non-hydrogen) atoms. The first-order valence-electron chi connectivity index (χ1n) is 6.32. The molecule has 2 aromatic carbocycles. The van der Waals surface area contributed by atoms with Gasteiger partial charge in [0.25, 0.3) is 0 Å². The van der Waals surface area contributed by atoms with Gasteiger partial charge in [-0.15, -0.1) is 11.3 Å². The summed E-state index contributed by atoms with van der Waals surface area (Å²) in [6.45, 7) is 0. The lowest BCUT2D eigenvalue weighted by atomic mass is 10.1. The molecule has 2 heterocycles. The number of hydrogen-bond acceptors (Lipinski definition) is 2. The van der Waals surface area contributed by atoms with E-state index in [1.165, 1.54) is 31.3 Å². The van der Waals surface area contributed by atoms with Crippen LogP contribution in [0.15, 0.2) is 52.8 Å². The van der Waals surface area contributed by atoms with E-state index in [0.717, 1.165) is 11.1 Å². The van der Waals surface area contributed by atoms with Crippen LogP contribution in [0, 0.1) is 0 Å². The summed E-state index contributed by atoms with van der Waals surface area (Å²) >= 11 is 1.79. The third kappa shape index (κ3) is 1.12. The van der Waals surface area contributed by atoms with Crippen LogP contribution in [-0.4, -0.2) is 0 Å². The van der Waals surface area contributed by atoms with Gasteiger partial charge < -0.3 is 0 Å². The van der Waals surface area contributed by atoms with Gasteiger partial charge in [-0.3, -0.25) is 0 Å². The summed E-state index contributed by atoms with van der Waals surface area (Å²) in [7, 11) is 0. The number of nitrogens with zero attached hydrogens (tertiary/aromatic N) is 1. The molecule has 1 aliphatic carbocycles. The molecular weight excluding hydrogens is 250 g/mol. The van der Waals surface area contributed by atoms with Crippen molar-refractivity contribution in [2.24, 2.45) is 4.99 Å².